The van der Waals surface area contributed by atoms with Gasteiger partial charge < -0.3 is 29.8 Å². The van der Waals surface area contributed by atoms with E-state index in [2.05, 4.69) is 67.6 Å². The van der Waals surface area contributed by atoms with Gasteiger partial charge in [-0.2, -0.15) is 10.4 Å². The molecule has 67 heavy (non-hydrogen) atoms. The van der Waals surface area contributed by atoms with Crippen molar-refractivity contribution in [2.75, 3.05) is 93.7 Å². The molecule has 352 valence electrons. The molecule has 1 atom stereocenters. The van der Waals surface area contributed by atoms with E-state index in [-0.39, 0.29) is 35.7 Å². The SMILES string of the molecule is Cc1ccc(C(=O)N2CCC3(CCN(CC4CCN(C(=O)N5CCN(c6cc7c(N[C@H](C)c8cccc(CC#N)c8C)nnc(C)c7cn6)CC5)CC4)CC3)CC2)cc1N1CCC(=O)NC1=O. The number of benzene rings is 2. The minimum atomic E-state index is -0.441. The highest BCUT2D eigenvalue weighted by molar-refractivity contribution is 6.06. The molecule has 0 aliphatic carbocycles. The van der Waals surface area contributed by atoms with Crippen molar-refractivity contribution in [1.82, 2.24) is 40.1 Å². The number of pyridine rings is 1. The number of piperazine rings is 1. The summed E-state index contributed by atoms with van der Waals surface area (Å²) in [4.78, 5) is 69.1. The Morgan fingerprint density at radius 2 is 1.57 bits per heavy atom. The largest absolute Gasteiger partial charge is 0.362 e. The summed E-state index contributed by atoms with van der Waals surface area (Å²) in [6, 6.07) is 15.6. The third kappa shape index (κ3) is 9.75. The number of carbonyl (C=O) groups is 4. The zero-order valence-electron chi connectivity index (χ0n) is 39.5. The topological polar surface area (TPSA) is 174 Å². The molecule has 2 aromatic carbocycles. The van der Waals surface area contributed by atoms with E-state index in [1.807, 2.05) is 54.1 Å². The van der Waals surface area contributed by atoms with E-state index in [0.717, 1.165) is 129 Å². The molecule has 0 bridgehead atoms. The van der Waals surface area contributed by atoms with Crippen LogP contribution in [0.2, 0.25) is 0 Å². The standard InChI is InChI=1S/C51H64N12O4/c1-34-8-9-40(30-44(34)63-21-13-46(64)55-49(63)66)48(65)60-24-16-51(17-25-60)14-22-58(23-15-51)33-38-11-19-61(20-12-38)50(67)62-28-26-59(27-29-62)45-31-42-43(32-53-45)37(4)56-57-47(42)54-36(3)41-7-5-6-39(10-18-52)35(41)2/h5-9,30-32,36,38H,10-17,19-29,33H2,1-4H3,(H,54,57)(H,55,64,66)/t36-/m1/s1. The van der Waals surface area contributed by atoms with Crippen LogP contribution in [0.4, 0.5) is 26.9 Å². The van der Waals surface area contributed by atoms with Gasteiger partial charge in [-0.3, -0.25) is 19.8 Å². The fraction of sp³-hybridized carbons (Fsp3) is 0.529. The first-order chi connectivity index (χ1) is 32.4. The summed E-state index contributed by atoms with van der Waals surface area (Å²) < 4.78 is 0. The lowest BCUT2D eigenvalue weighted by molar-refractivity contribution is -0.120. The van der Waals surface area contributed by atoms with Crippen molar-refractivity contribution >= 4 is 52.0 Å². The molecule has 5 fully saturated rings. The van der Waals surface area contributed by atoms with Gasteiger partial charge in [0.2, 0.25) is 5.91 Å². The molecule has 9 rings (SSSR count). The van der Waals surface area contributed by atoms with Crippen LogP contribution in [0.25, 0.3) is 10.8 Å². The molecule has 5 aliphatic rings. The number of amides is 6. The van der Waals surface area contributed by atoms with Gasteiger partial charge in [0.15, 0.2) is 5.82 Å². The van der Waals surface area contributed by atoms with Crippen molar-refractivity contribution in [3.63, 3.8) is 0 Å². The lowest BCUT2D eigenvalue weighted by Gasteiger charge is -2.47. The van der Waals surface area contributed by atoms with Crippen LogP contribution in [-0.2, 0) is 11.2 Å². The molecule has 16 heteroatoms. The Kier molecular flexibility index (Phi) is 13.3. The second kappa shape index (κ2) is 19.5. The molecular weight excluding hydrogens is 845 g/mol. The van der Waals surface area contributed by atoms with E-state index in [4.69, 9.17) is 4.98 Å². The second-order valence-corrected chi connectivity index (χ2v) is 19.6. The van der Waals surface area contributed by atoms with Gasteiger partial charge in [-0.1, -0.05) is 24.3 Å². The molecule has 2 aromatic heterocycles. The van der Waals surface area contributed by atoms with Gasteiger partial charge in [0, 0.05) is 100 Å². The molecule has 5 aliphatic heterocycles. The monoisotopic (exact) mass is 909 g/mol. The summed E-state index contributed by atoms with van der Waals surface area (Å²) in [6.07, 6.45) is 8.85. The number of nitrogens with one attached hydrogen (secondary N) is 2. The number of nitriles is 1. The lowest BCUT2D eigenvalue weighted by atomic mass is 9.71. The predicted octanol–water partition coefficient (Wildman–Crippen LogP) is 6.61. The Morgan fingerprint density at radius 1 is 0.851 bits per heavy atom. The Balaban J connectivity index is 0.715. The Hall–Kier alpha value is -6.34. The van der Waals surface area contributed by atoms with Crippen molar-refractivity contribution in [2.45, 2.75) is 85.1 Å². The average molecular weight is 909 g/mol. The summed E-state index contributed by atoms with van der Waals surface area (Å²) in [5.41, 5.74) is 6.48. The van der Waals surface area contributed by atoms with Gasteiger partial charge in [-0.15, -0.1) is 5.10 Å². The minimum absolute atomic E-state index is 0.000335. The zero-order chi connectivity index (χ0) is 46.8. The van der Waals surface area contributed by atoms with E-state index in [1.54, 1.807) is 11.0 Å². The number of urea groups is 2. The third-order valence-electron chi connectivity index (χ3n) is 15.5. The molecule has 7 heterocycles. The molecule has 6 amide bonds. The number of imide groups is 1. The molecular formula is C51H64N12O4. The number of aromatic nitrogens is 3. The molecule has 4 aromatic rings. The quantitative estimate of drug-likeness (QED) is 0.185. The maximum absolute atomic E-state index is 13.8. The van der Waals surface area contributed by atoms with Crippen LogP contribution in [0.1, 0.15) is 96.2 Å². The smallest absolute Gasteiger partial charge is 0.328 e. The number of aryl methyl sites for hydroxylation is 2. The third-order valence-corrected chi connectivity index (χ3v) is 15.5. The highest BCUT2D eigenvalue weighted by Crippen LogP contribution is 2.42. The maximum Gasteiger partial charge on any atom is 0.328 e. The Morgan fingerprint density at radius 3 is 2.28 bits per heavy atom. The van der Waals surface area contributed by atoms with Gasteiger partial charge in [0.1, 0.15) is 5.82 Å². The Labute approximate surface area is 393 Å². The molecule has 0 radical (unpaired) electrons. The number of piperidine rings is 3. The number of fused-ring (bicyclic) bond motifs is 1. The van der Waals surface area contributed by atoms with Gasteiger partial charge in [0.25, 0.3) is 5.91 Å². The van der Waals surface area contributed by atoms with Crippen LogP contribution in [0.15, 0.2) is 48.7 Å². The summed E-state index contributed by atoms with van der Waals surface area (Å²) in [6.45, 7) is 17.3. The highest BCUT2D eigenvalue weighted by atomic mass is 16.2. The fourth-order valence-electron chi connectivity index (χ4n) is 11.1. The summed E-state index contributed by atoms with van der Waals surface area (Å²) in [5.74, 6) is 1.86. The number of carbonyl (C=O) groups excluding carboxylic acids is 4. The van der Waals surface area contributed by atoms with Crippen LogP contribution in [0.5, 0.6) is 0 Å². The van der Waals surface area contributed by atoms with Crippen molar-refractivity contribution in [2.24, 2.45) is 11.3 Å². The molecule has 5 saturated heterocycles. The van der Waals surface area contributed by atoms with Crippen LogP contribution >= 0.6 is 0 Å². The van der Waals surface area contributed by atoms with E-state index >= 15 is 0 Å². The predicted molar refractivity (Wildman–Crippen MR) is 258 cm³/mol. The van der Waals surface area contributed by atoms with Gasteiger partial charge in [-0.05, 0) is 131 Å². The van der Waals surface area contributed by atoms with Crippen molar-refractivity contribution in [3.8, 4) is 6.07 Å². The minimum Gasteiger partial charge on any atom is -0.362 e. The van der Waals surface area contributed by atoms with Crippen LogP contribution in [0, 0.1) is 43.4 Å². The van der Waals surface area contributed by atoms with Gasteiger partial charge in [-0.25, -0.2) is 14.6 Å². The van der Waals surface area contributed by atoms with Gasteiger partial charge in [0.05, 0.1) is 24.2 Å². The van der Waals surface area contributed by atoms with Crippen molar-refractivity contribution in [1.29, 1.82) is 5.26 Å². The number of likely N-dealkylation sites (tertiary alicyclic amines) is 3. The van der Waals surface area contributed by atoms with E-state index in [1.165, 1.54) is 0 Å². The van der Waals surface area contributed by atoms with Crippen molar-refractivity contribution < 1.29 is 19.2 Å². The number of hydrogen-bond acceptors (Lipinski definition) is 11. The zero-order valence-corrected chi connectivity index (χ0v) is 39.5. The number of hydrogen-bond donors (Lipinski definition) is 2. The number of nitrogens with zero attached hydrogens (tertiary/aromatic N) is 10. The Bertz CT molecular complexity index is 2560. The van der Waals surface area contributed by atoms with E-state index in [9.17, 15) is 24.4 Å². The summed E-state index contributed by atoms with van der Waals surface area (Å²) in [7, 11) is 0. The van der Waals surface area contributed by atoms with E-state index < -0.39 is 6.03 Å². The summed E-state index contributed by atoms with van der Waals surface area (Å²) in [5, 5.41) is 26.2. The van der Waals surface area contributed by atoms with Crippen LogP contribution < -0.4 is 20.4 Å². The molecule has 16 nitrogen and oxygen atoms in total. The van der Waals surface area contributed by atoms with Crippen LogP contribution in [0.3, 0.4) is 0 Å². The molecule has 2 N–H and O–H groups in total. The summed E-state index contributed by atoms with van der Waals surface area (Å²) >= 11 is 0. The fourth-order valence-corrected chi connectivity index (χ4v) is 11.1. The first-order valence-electron chi connectivity index (χ1n) is 24.3. The average Bonchev–Trinajstić information content (AvgIpc) is 3.34. The maximum atomic E-state index is 13.8. The van der Waals surface area contributed by atoms with Crippen LogP contribution in [-0.4, -0.2) is 137 Å². The molecule has 0 unspecified atom stereocenters. The van der Waals surface area contributed by atoms with Crippen molar-refractivity contribution in [3.05, 3.63) is 82.2 Å². The molecule has 1 spiro atoms. The lowest BCUT2D eigenvalue weighted by Crippen LogP contribution is -2.54. The molecule has 0 saturated carbocycles. The van der Waals surface area contributed by atoms with Gasteiger partial charge >= 0.3 is 12.1 Å². The highest BCUT2D eigenvalue weighted by Gasteiger charge is 2.40. The first kappa shape index (κ1) is 45.8. The normalized spacial score (nSPS) is 20.0. The first-order valence-corrected chi connectivity index (χ1v) is 24.3. The number of anilines is 3. The number of rotatable bonds is 9. The second-order valence-electron chi connectivity index (χ2n) is 19.6. The van der Waals surface area contributed by atoms with E-state index in [0.29, 0.717) is 62.1 Å².